The summed E-state index contributed by atoms with van der Waals surface area (Å²) in [6, 6.07) is 46.8. The molecule has 6 aromatic carbocycles. The van der Waals surface area contributed by atoms with Crippen LogP contribution in [0.25, 0.3) is 61.8 Å². The van der Waals surface area contributed by atoms with Crippen LogP contribution in [-0.2, 0) is 11.8 Å². The van der Waals surface area contributed by atoms with Crippen molar-refractivity contribution in [1.29, 1.82) is 0 Å². The Hall–Kier alpha value is -6.06. The van der Waals surface area contributed by atoms with Gasteiger partial charge in [0.05, 0.1) is 16.9 Å². The minimum absolute atomic E-state index is 0.193. The summed E-state index contributed by atoms with van der Waals surface area (Å²) in [5.41, 5.74) is 16.4. The lowest BCUT2D eigenvalue weighted by molar-refractivity contribution is 0.411. The van der Waals surface area contributed by atoms with Crippen LogP contribution in [0.3, 0.4) is 0 Å². The van der Waals surface area contributed by atoms with Gasteiger partial charge in [-0.2, -0.15) is 0 Å². The third-order valence-electron chi connectivity index (χ3n) is 11.5. The molecule has 2 aliphatic carbocycles. The molecule has 0 amide bonds. The monoisotopic (exact) mass is 700 g/mol. The number of hydrogen-bond acceptors (Lipinski definition) is 2. The smallest absolute Gasteiger partial charge is 0.160 e. The normalized spacial score (nSPS) is 14.4. The number of para-hydroxylation sites is 2. The van der Waals surface area contributed by atoms with E-state index in [4.69, 9.17) is 4.42 Å². The lowest BCUT2D eigenvalue weighted by Gasteiger charge is -2.29. The Labute approximate surface area is 317 Å². The second kappa shape index (κ2) is 12.0. The highest BCUT2D eigenvalue weighted by molar-refractivity contribution is 6.19. The molecule has 2 heterocycles. The van der Waals surface area contributed by atoms with Gasteiger partial charge in [-0.1, -0.05) is 126 Å². The van der Waals surface area contributed by atoms with Crippen molar-refractivity contribution in [3.8, 4) is 16.8 Å². The van der Waals surface area contributed by atoms with Crippen molar-refractivity contribution < 1.29 is 4.42 Å². The van der Waals surface area contributed by atoms with Crippen LogP contribution in [0.5, 0.6) is 0 Å². The van der Waals surface area contributed by atoms with Crippen molar-refractivity contribution in [3.63, 3.8) is 0 Å². The number of allylic oxidation sites excluding steroid dienone is 2. The van der Waals surface area contributed by atoms with Crippen molar-refractivity contribution in [3.05, 3.63) is 167 Å². The van der Waals surface area contributed by atoms with Gasteiger partial charge in [-0.15, -0.1) is 0 Å². The van der Waals surface area contributed by atoms with Gasteiger partial charge in [0.15, 0.2) is 5.58 Å². The minimum Gasteiger partial charge on any atom is -0.454 e. The molecule has 54 heavy (non-hydrogen) atoms. The molecule has 0 aliphatic heterocycles. The molecule has 0 bridgehead atoms. The summed E-state index contributed by atoms with van der Waals surface area (Å²) >= 11 is 0. The molecule has 3 heteroatoms. The fourth-order valence-electron chi connectivity index (χ4n) is 9.12. The van der Waals surface area contributed by atoms with Crippen LogP contribution < -0.4 is 4.90 Å². The largest absolute Gasteiger partial charge is 0.454 e. The maximum Gasteiger partial charge on any atom is 0.160 e. The van der Waals surface area contributed by atoms with Crippen LogP contribution >= 0.6 is 0 Å². The molecule has 264 valence electrons. The van der Waals surface area contributed by atoms with Crippen molar-refractivity contribution in [2.75, 3.05) is 4.90 Å². The van der Waals surface area contributed by atoms with Crippen LogP contribution in [-0.4, -0.2) is 4.57 Å². The van der Waals surface area contributed by atoms with Crippen LogP contribution in [0.2, 0.25) is 0 Å². The first kappa shape index (κ1) is 32.6. The second-order valence-corrected chi connectivity index (χ2v) is 16.7. The van der Waals surface area contributed by atoms with Crippen molar-refractivity contribution >= 4 is 62.1 Å². The summed E-state index contributed by atoms with van der Waals surface area (Å²) in [4.78, 5) is 2.44. The molecule has 0 atom stereocenters. The van der Waals surface area contributed by atoms with E-state index in [-0.39, 0.29) is 10.8 Å². The zero-order valence-corrected chi connectivity index (χ0v) is 31.7. The number of furan rings is 1. The summed E-state index contributed by atoms with van der Waals surface area (Å²) in [6.45, 7) is 11.7. The van der Waals surface area contributed by atoms with E-state index in [0.717, 1.165) is 52.1 Å². The fraction of sp³-hybridized carbons (Fsp3) is 0.176. The molecule has 0 saturated heterocycles. The van der Waals surface area contributed by atoms with Gasteiger partial charge in [0.25, 0.3) is 0 Å². The Morgan fingerprint density at radius 1 is 0.704 bits per heavy atom. The van der Waals surface area contributed by atoms with Crippen molar-refractivity contribution in [1.82, 2.24) is 4.57 Å². The molecule has 2 aromatic heterocycles. The topological polar surface area (TPSA) is 21.3 Å². The van der Waals surface area contributed by atoms with E-state index in [1.165, 1.54) is 55.4 Å². The van der Waals surface area contributed by atoms with Crippen molar-refractivity contribution in [2.45, 2.75) is 52.9 Å². The molecule has 10 rings (SSSR count). The van der Waals surface area contributed by atoms with Crippen LogP contribution in [0.1, 0.15) is 69.0 Å². The standard InChI is InChI=1S/C51H44N2O/c1-50(2,3)32-33-24-26-35(27-25-33)52(36-28-29-44-40(30-36)37-18-10-7-11-22-43(37)53(44)34-16-8-6-9-17-34)45-31-42-47(38-19-12-14-21-41(38)51(42,4)5)48-39-20-13-15-23-46(39)54-49(45)48/h6,8-31H,7,32H2,1-5H3. The Bertz CT molecular complexity index is 2820. The number of aromatic nitrogens is 1. The second-order valence-electron chi connectivity index (χ2n) is 16.7. The molecule has 2 aliphatic rings. The number of hydrogen-bond donors (Lipinski definition) is 0. The minimum atomic E-state index is -0.194. The highest BCUT2D eigenvalue weighted by atomic mass is 16.3. The number of benzene rings is 6. The van der Waals surface area contributed by atoms with E-state index >= 15 is 0 Å². The lowest BCUT2D eigenvalue weighted by Crippen LogP contribution is -2.17. The highest BCUT2D eigenvalue weighted by Gasteiger charge is 2.39. The van der Waals surface area contributed by atoms with Gasteiger partial charge in [0, 0.05) is 44.2 Å². The molecule has 0 unspecified atom stereocenters. The Balaban J connectivity index is 1.28. The van der Waals surface area contributed by atoms with E-state index < -0.39 is 0 Å². The van der Waals surface area contributed by atoms with Gasteiger partial charge in [0.2, 0.25) is 0 Å². The molecule has 3 nitrogen and oxygen atoms in total. The van der Waals surface area contributed by atoms with Gasteiger partial charge in [-0.25, -0.2) is 0 Å². The van der Waals surface area contributed by atoms with Gasteiger partial charge >= 0.3 is 0 Å². The van der Waals surface area contributed by atoms with Gasteiger partial charge in [0.1, 0.15) is 5.58 Å². The van der Waals surface area contributed by atoms with Crippen LogP contribution in [0.15, 0.2) is 144 Å². The summed E-state index contributed by atoms with van der Waals surface area (Å²) < 4.78 is 9.40. The number of anilines is 3. The molecular formula is C51H44N2O. The summed E-state index contributed by atoms with van der Waals surface area (Å²) in [5, 5.41) is 3.55. The third kappa shape index (κ3) is 5.02. The van der Waals surface area contributed by atoms with Crippen molar-refractivity contribution in [2.24, 2.45) is 5.41 Å². The lowest BCUT2D eigenvalue weighted by atomic mass is 9.82. The number of fused-ring (bicyclic) bond motifs is 10. The SMILES string of the molecule is CC(C)(C)Cc1ccc(N(c2ccc3c(c2)c2c(n3-c3ccccc3)C=CCC=C2)c2cc3c(c4c2oc2ccccc24)-c2ccccc2C3(C)C)cc1. The molecule has 0 fully saturated rings. The van der Waals surface area contributed by atoms with E-state index in [9.17, 15) is 0 Å². The molecule has 0 N–H and O–H groups in total. The van der Waals surface area contributed by atoms with E-state index in [1.807, 2.05) is 0 Å². The first-order chi connectivity index (χ1) is 26.2. The maximum atomic E-state index is 7.00. The highest BCUT2D eigenvalue weighted by Crippen LogP contribution is 2.56. The Morgan fingerprint density at radius 2 is 1.43 bits per heavy atom. The number of nitrogens with zero attached hydrogens (tertiary/aromatic N) is 2. The average Bonchev–Trinajstić information content (AvgIpc) is 3.69. The third-order valence-corrected chi connectivity index (χ3v) is 11.5. The summed E-state index contributed by atoms with van der Waals surface area (Å²) in [5.74, 6) is 0. The molecule has 0 radical (unpaired) electrons. The maximum absolute atomic E-state index is 7.00. The van der Waals surface area contributed by atoms with Crippen LogP contribution in [0, 0.1) is 5.41 Å². The predicted molar refractivity (Wildman–Crippen MR) is 229 cm³/mol. The van der Waals surface area contributed by atoms with Gasteiger partial charge < -0.3 is 13.9 Å². The van der Waals surface area contributed by atoms with E-state index in [1.54, 1.807) is 0 Å². The average molecular weight is 701 g/mol. The van der Waals surface area contributed by atoms with Gasteiger partial charge in [-0.05, 0) is 107 Å². The summed E-state index contributed by atoms with van der Waals surface area (Å²) in [7, 11) is 0. The van der Waals surface area contributed by atoms with E-state index in [2.05, 4.69) is 196 Å². The fourth-order valence-corrected chi connectivity index (χ4v) is 9.12. The molecule has 0 saturated carbocycles. The summed E-state index contributed by atoms with van der Waals surface area (Å²) in [6.07, 6.45) is 11.0. The molecular weight excluding hydrogens is 657 g/mol. The van der Waals surface area contributed by atoms with Gasteiger partial charge in [-0.3, -0.25) is 0 Å². The Morgan fingerprint density at radius 3 is 2.24 bits per heavy atom. The zero-order chi connectivity index (χ0) is 36.8. The predicted octanol–water partition coefficient (Wildman–Crippen LogP) is 14.3. The molecule has 0 spiro atoms. The Kier molecular flexibility index (Phi) is 7.23. The number of rotatable bonds is 5. The quantitative estimate of drug-likeness (QED) is 0.178. The zero-order valence-electron chi connectivity index (χ0n) is 31.7. The first-order valence-electron chi connectivity index (χ1n) is 19.2. The van der Waals surface area contributed by atoms with Crippen LogP contribution in [0.4, 0.5) is 17.1 Å². The first-order valence-corrected chi connectivity index (χ1v) is 19.2. The molecule has 8 aromatic rings. The van der Waals surface area contributed by atoms with E-state index in [0.29, 0.717) is 0 Å².